The van der Waals surface area contributed by atoms with Crippen molar-refractivity contribution in [3.8, 4) is 11.1 Å². The van der Waals surface area contributed by atoms with Crippen molar-refractivity contribution < 1.29 is 0 Å². The summed E-state index contributed by atoms with van der Waals surface area (Å²) in [5.41, 5.74) is 3.87. The molecule has 0 unspecified atom stereocenters. The predicted octanol–water partition coefficient (Wildman–Crippen LogP) is 4.15. The van der Waals surface area contributed by atoms with E-state index >= 15 is 0 Å². The Bertz CT molecular complexity index is 705. The smallest absolute Gasteiger partial charge is 0.0990 e. The number of nitrogens with zero attached hydrogens (tertiary/aromatic N) is 1. The van der Waals surface area contributed by atoms with Crippen LogP contribution in [0.1, 0.15) is 0 Å². The van der Waals surface area contributed by atoms with Crippen molar-refractivity contribution in [3.05, 3.63) is 60.8 Å². The molecule has 0 aliphatic carbocycles. The Morgan fingerprint density at radius 3 is 2.21 bits per heavy atom. The highest BCUT2D eigenvalue weighted by molar-refractivity contribution is 6.88. The zero-order valence-corrected chi connectivity index (χ0v) is 12.7. The van der Waals surface area contributed by atoms with Crippen molar-refractivity contribution in [1.82, 2.24) is 4.40 Å². The molecule has 0 saturated heterocycles. The highest BCUT2D eigenvalue weighted by Gasteiger charge is 2.19. The van der Waals surface area contributed by atoms with Crippen LogP contribution < -0.4 is 5.32 Å². The Morgan fingerprint density at radius 2 is 1.53 bits per heavy atom. The van der Waals surface area contributed by atoms with Crippen LogP contribution >= 0.6 is 0 Å². The summed E-state index contributed by atoms with van der Waals surface area (Å²) < 4.78 is 2.37. The largest absolute Gasteiger partial charge is 0.324 e. The van der Waals surface area contributed by atoms with Crippen LogP contribution in [0.25, 0.3) is 16.6 Å². The van der Waals surface area contributed by atoms with Crippen molar-refractivity contribution in [2.75, 3.05) is 0 Å². The lowest BCUT2D eigenvalue weighted by atomic mass is 10.1. The lowest BCUT2D eigenvalue weighted by molar-refractivity contribution is 1.23. The SMILES string of the molecule is C[Si](C)(C)c1cccc2cc(-c3ccccc3)cn12. The molecule has 0 aliphatic heterocycles. The number of hydrogen-bond acceptors (Lipinski definition) is 0. The van der Waals surface area contributed by atoms with E-state index in [0.29, 0.717) is 0 Å². The normalized spacial score (nSPS) is 11.9. The molecule has 3 rings (SSSR count). The second-order valence-electron chi connectivity index (χ2n) is 6.05. The van der Waals surface area contributed by atoms with Gasteiger partial charge in [0.25, 0.3) is 0 Å². The van der Waals surface area contributed by atoms with E-state index < -0.39 is 8.07 Å². The summed E-state index contributed by atoms with van der Waals surface area (Å²) in [4.78, 5) is 0. The van der Waals surface area contributed by atoms with E-state index in [1.807, 2.05) is 0 Å². The van der Waals surface area contributed by atoms with Gasteiger partial charge < -0.3 is 4.40 Å². The first-order chi connectivity index (χ1) is 9.05. The van der Waals surface area contributed by atoms with Crippen LogP contribution in [0.2, 0.25) is 19.6 Å². The van der Waals surface area contributed by atoms with Gasteiger partial charge in [0.15, 0.2) is 0 Å². The Labute approximate surface area is 115 Å². The highest BCUT2D eigenvalue weighted by atomic mass is 28.3. The van der Waals surface area contributed by atoms with Crippen LogP contribution in [-0.4, -0.2) is 12.5 Å². The van der Waals surface area contributed by atoms with Crippen molar-refractivity contribution in [2.24, 2.45) is 0 Å². The van der Waals surface area contributed by atoms with Crippen molar-refractivity contribution in [2.45, 2.75) is 19.6 Å². The average molecular weight is 265 g/mol. The third-order valence-corrected chi connectivity index (χ3v) is 5.45. The van der Waals surface area contributed by atoms with E-state index in [9.17, 15) is 0 Å². The summed E-state index contributed by atoms with van der Waals surface area (Å²) in [6.45, 7) is 7.18. The zero-order chi connectivity index (χ0) is 13.5. The van der Waals surface area contributed by atoms with E-state index in [1.165, 1.54) is 22.0 Å². The summed E-state index contributed by atoms with van der Waals surface area (Å²) in [6, 6.07) is 19.5. The number of pyridine rings is 1. The summed E-state index contributed by atoms with van der Waals surface area (Å²) in [6.07, 6.45) is 2.28. The molecule has 1 aromatic carbocycles. The third-order valence-electron chi connectivity index (χ3n) is 3.51. The maximum absolute atomic E-state index is 2.39. The molecule has 0 radical (unpaired) electrons. The molecule has 2 heterocycles. The first-order valence-corrected chi connectivity index (χ1v) is 10.2. The molecule has 0 spiro atoms. The summed E-state index contributed by atoms with van der Waals surface area (Å²) >= 11 is 0. The molecule has 96 valence electrons. The van der Waals surface area contributed by atoms with Gasteiger partial charge in [0, 0.05) is 22.6 Å². The molecule has 0 N–H and O–H groups in total. The first-order valence-electron chi connectivity index (χ1n) is 6.73. The van der Waals surface area contributed by atoms with Gasteiger partial charge in [-0.2, -0.15) is 0 Å². The second kappa shape index (κ2) is 4.39. The van der Waals surface area contributed by atoms with Crippen LogP contribution in [0.3, 0.4) is 0 Å². The summed E-state index contributed by atoms with van der Waals surface area (Å²) in [7, 11) is -1.32. The van der Waals surface area contributed by atoms with Gasteiger partial charge in [-0.1, -0.05) is 56.0 Å². The number of fused-ring (bicyclic) bond motifs is 1. The molecule has 0 atom stereocenters. The maximum atomic E-state index is 2.39. The lowest BCUT2D eigenvalue weighted by Gasteiger charge is -2.18. The monoisotopic (exact) mass is 265 g/mol. The van der Waals surface area contributed by atoms with E-state index in [1.54, 1.807) is 0 Å². The molecule has 0 bridgehead atoms. The van der Waals surface area contributed by atoms with Gasteiger partial charge in [-0.05, 0) is 23.8 Å². The number of hydrogen-bond donors (Lipinski definition) is 0. The molecule has 0 saturated carbocycles. The van der Waals surface area contributed by atoms with Gasteiger partial charge >= 0.3 is 0 Å². The standard InChI is InChI=1S/C17H19NSi/c1-19(2,3)17-11-7-10-16-12-15(13-18(16)17)14-8-5-4-6-9-14/h4-13H,1-3H3. The van der Waals surface area contributed by atoms with E-state index in [2.05, 4.69) is 84.8 Å². The van der Waals surface area contributed by atoms with Gasteiger partial charge in [0.2, 0.25) is 0 Å². The van der Waals surface area contributed by atoms with Gasteiger partial charge in [0.1, 0.15) is 0 Å². The molecule has 2 heteroatoms. The van der Waals surface area contributed by atoms with Crippen LogP contribution in [0.4, 0.5) is 0 Å². The van der Waals surface area contributed by atoms with E-state index in [0.717, 1.165) is 0 Å². The average Bonchev–Trinajstić information content (AvgIpc) is 2.82. The Morgan fingerprint density at radius 1 is 0.789 bits per heavy atom. The lowest BCUT2D eigenvalue weighted by Crippen LogP contribution is -2.41. The Kier molecular flexibility index (Phi) is 2.83. The Balaban J connectivity index is 2.22. The molecule has 1 nitrogen and oxygen atoms in total. The number of benzene rings is 1. The minimum absolute atomic E-state index is 1.28. The third kappa shape index (κ3) is 2.24. The topological polar surface area (TPSA) is 4.41 Å². The summed E-state index contributed by atoms with van der Waals surface area (Å²) in [5, 5.41) is 1.48. The fraction of sp³-hybridized carbons (Fsp3) is 0.176. The molecule has 2 aromatic heterocycles. The van der Waals surface area contributed by atoms with Crippen LogP contribution in [0, 0.1) is 0 Å². The van der Waals surface area contributed by atoms with Crippen LogP contribution in [0.5, 0.6) is 0 Å². The van der Waals surface area contributed by atoms with Gasteiger partial charge in [0.05, 0.1) is 8.07 Å². The van der Waals surface area contributed by atoms with Crippen molar-refractivity contribution >= 4 is 18.9 Å². The van der Waals surface area contributed by atoms with Crippen molar-refractivity contribution in [3.63, 3.8) is 0 Å². The molecule has 0 fully saturated rings. The zero-order valence-electron chi connectivity index (χ0n) is 11.7. The van der Waals surface area contributed by atoms with Crippen molar-refractivity contribution in [1.29, 1.82) is 0 Å². The minimum Gasteiger partial charge on any atom is -0.324 e. The molecule has 0 amide bonds. The van der Waals surface area contributed by atoms with Gasteiger partial charge in [-0.15, -0.1) is 0 Å². The highest BCUT2D eigenvalue weighted by Crippen LogP contribution is 2.22. The van der Waals surface area contributed by atoms with Gasteiger partial charge in [-0.3, -0.25) is 0 Å². The first kappa shape index (κ1) is 12.2. The van der Waals surface area contributed by atoms with Crippen LogP contribution in [-0.2, 0) is 0 Å². The number of rotatable bonds is 2. The molecule has 3 aromatic rings. The maximum Gasteiger partial charge on any atom is 0.0990 e. The van der Waals surface area contributed by atoms with Gasteiger partial charge in [-0.25, -0.2) is 0 Å². The van der Waals surface area contributed by atoms with E-state index in [4.69, 9.17) is 0 Å². The molecule has 0 aliphatic rings. The predicted molar refractivity (Wildman–Crippen MR) is 85.8 cm³/mol. The molecular formula is C17H19NSi. The Hall–Kier alpha value is -1.80. The second-order valence-corrected chi connectivity index (χ2v) is 11.1. The fourth-order valence-electron chi connectivity index (χ4n) is 2.53. The molecule has 19 heavy (non-hydrogen) atoms. The van der Waals surface area contributed by atoms with Crippen LogP contribution in [0.15, 0.2) is 60.8 Å². The minimum atomic E-state index is -1.32. The summed E-state index contributed by atoms with van der Waals surface area (Å²) in [5.74, 6) is 0. The quantitative estimate of drug-likeness (QED) is 0.613. The number of aromatic nitrogens is 1. The fourth-order valence-corrected chi connectivity index (χ4v) is 4.05. The van der Waals surface area contributed by atoms with E-state index in [-0.39, 0.29) is 0 Å². The molecular weight excluding hydrogens is 246 g/mol.